The Kier molecular flexibility index (Phi) is 10.5. The van der Waals surface area contributed by atoms with E-state index >= 15 is 0 Å². The van der Waals surface area contributed by atoms with Crippen LogP contribution in [0.3, 0.4) is 0 Å². The number of carbonyl (C=O) groups excluding carboxylic acids is 3. The Labute approximate surface area is 248 Å². The number of hydrogen-bond acceptors (Lipinski definition) is 7. The van der Waals surface area contributed by atoms with E-state index in [1.807, 2.05) is 18.2 Å². The van der Waals surface area contributed by atoms with Gasteiger partial charge in [-0.3, -0.25) is 19.5 Å². The number of halogens is 3. The van der Waals surface area contributed by atoms with Crippen LogP contribution in [0.5, 0.6) is 0 Å². The number of piperazine rings is 1. The summed E-state index contributed by atoms with van der Waals surface area (Å²) in [5.41, 5.74) is 1.93. The maximum Gasteiger partial charge on any atom is 0.490 e. The molecule has 11 nitrogen and oxygen atoms in total. The van der Waals surface area contributed by atoms with Crippen molar-refractivity contribution in [3.05, 3.63) is 53.9 Å². The van der Waals surface area contributed by atoms with Crippen LogP contribution < -0.4 is 10.2 Å². The van der Waals surface area contributed by atoms with Crippen LogP contribution in [0.1, 0.15) is 44.7 Å². The Balaban J connectivity index is 0.000000646. The first-order valence-electron chi connectivity index (χ1n) is 13.7. The van der Waals surface area contributed by atoms with Crippen molar-refractivity contribution in [3.8, 4) is 0 Å². The molecule has 234 valence electrons. The Hall–Kier alpha value is -4.04. The van der Waals surface area contributed by atoms with Crippen LogP contribution in [0.4, 0.5) is 29.3 Å². The minimum Gasteiger partial charge on any atom is -0.475 e. The molecule has 4 amide bonds. The molecule has 0 unspecified atom stereocenters. The minimum absolute atomic E-state index is 0.0997. The van der Waals surface area contributed by atoms with Gasteiger partial charge in [-0.1, -0.05) is 19.9 Å². The van der Waals surface area contributed by atoms with Crippen LogP contribution in [0.25, 0.3) is 0 Å². The fraction of sp³-hybridized carbons (Fsp3) is 0.483. The first-order chi connectivity index (χ1) is 20.0. The lowest BCUT2D eigenvalue weighted by molar-refractivity contribution is -0.192. The summed E-state index contributed by atoms with van der Waals surface area (Å²) in [7, 11) is 2.08. The number of anilines is 2. The van der Waals surface area contributed by atoms with Gasteiger partial charge in [0.2, 0.25) is 5.91 Å². The van der Waals surface area contributed by atoms with Crippen molar-refractivity contribution in [1.82, 2.24) is 19.7 Å². The number of likely N-dealkylation sites (N-methyl/N-ethyl adjacent to an activating group) is 1. The summed E-state index contributed by atoms with van der Waals surface area (Å²) in [5.74, 6) is -3.00. The van der Waals surface area contributed by atoms with E-state index in [1.165, 1.54) is 4.90 Å². The summed E-state index contributed by atoms with van der Waals surface area (Å²) < 4.78 is 31.7. The average Bonchev–Trinajstić information content (AvgIpc) is 3.09. The topological polar surface area (TPSA) is 126 Å². The second-order valence-electron chi connectivity index (χ2n) is 11.3. The molecule has 2 fully saturated rings. The van der Waals surface area contributed by atoms with Crippen molar-refractivity contribution < 1.29 is 37.5 Å². The monoisotopic (exact) mass is 606 g/mol. The highest BCUT2D eigenvalue weighted by molar-refractivity contribution is 6.23. The third-order valence-electron chi connectivity index (χ3n) is 7.31. The summed E-state index contributed by atoms with van der Waals surface area (Å²) in [6, 6.07) is 8.72. The third kappa shape index (κ3) is 8.29. The van der Waals surface area contributed by atoms with E-state index < -0.39 is 17.7 Å². The molecule has 1 aromatic carbocycles. The number of nitrogens with one attached hydrogen (secondary N) is 1. The number of benzene rings is 1. The highest BCUT2D eigenvalue weighted by Crippen LogP contribution is 2.36. The van der Waals surface area contributed by atoms with E-state index in [0.717, 1.165) is 37.3 Å². The first kappa shape index (κ1) is 33.5. The zero-order valence-corrected chi connectivity index (χ0v) is 24.8. The fourth-order valence-corrected chi connectivity index (χ4v) is 4.69. The normalized spacial score (nSPS) is 17.6. The average molecular weight is 607 g/mol. The lowest BCUT2D eigenvalue weighted by Crippen LogP contribution is -2.47. The number of aliphatic carboxylic acids is 1. The highest BCUT2D eigenvalue weighted by Gasteiger charge is 2.51. The number of pyridine rings is 1. The lowest BCUT2D eigenvalue weighted by atomic mass is 9.99. The number of urea groups is 1. The Morgan fingerprint density at radius 1 is 1.05 bits per heavy atom. The number of carboxylic acid groups (broad SMARTS) is 1. The fourth-order valence-electron chi connectivity index (χ4n) is 4.69. The quantitative estimate of drug-likeness (QED) is 0.457. The van der Waals surface area contributed by atoms with Gasteiger partial charge in [0.1, 0.15) is 5.54 Å². The number of amides is 4. The highest BCUT2D eigenvalue weighted by atomic mass is 19.4. The van der Waals surface area contributed by atoms with E-state index in [2.05, 4.69) is 41.0 Å². The molecule has 4 rings (SSSR count). The van der Waals surface area contributed by atoms with Gasteiger partial charge in [-0.05, 0) is 62.2 Å². The molecule has 0 atom stereocenters. The van der Waals surface area contributed by atoms with Gasteiger partial charge in [0.05, 0.1) is 12.2 Å². The van der Waals surface area contributed by atoms with Crippen molar-refractivity contribution >= 4 is 35.2 Å². The summed E-state index contributed by atoms with van der Waals surface area (Å²) in [5, 5.41) is 10.2. The molecule has 1 aromatic heterocycles. The number of rotatable bonds is 7. The summed E-state index contributed by atoms with van der Waals surface area (Å²) in [4.78, 5) is 60.0. The molecule has 2 aromatic rings. The van der Waals surface area contributed by atoms with Gasteiger partial charge in [0.15, 0.2) is 0 Å². The molecule has 43 heavy (non-hydrogen) atoms. The molecular weight excluding hydrogens is 569 g/mol. The van der Waals surface area contributed by atoms with Crippen molar-refractivity contribution in [2.45, 2.75) is 51.9 Å². The molecule has 0 saturated carbocycles. The van der Waals surface area contributed by atoms with Crippen LogP contribution >= 0.6 is 0 Å². The lowest BCUT2D eigenvalue weighted by Gasteiger charge is -2.31. The maximum atomic E-state index is 13.5. The number of carbonyl (C=O) groups is 4. The molecular formula is C29H37F3N6O5. The van der Waals surface area contributed by atoms with Crippen molar-refractivity contribution in [3.63, 3.8) is 0 Å². The maximum absolute atomic E-state index is 13.5. The molecule has 2 aliphatic rings. The Morgan fingerprint density at radius 2 is 1.63 bits per heavy atom. The second-order valence-corrected chi connectivity index (χ2v) is 11.3. The summed E-state index contributed by atoms with van der Waals surface area (Å²) in [6.07, 6.45) is -1.74. The summed E-state index contributed by atoms with van der Waals surface area (Å²) in [6.45, 7) is 11.8. The van der Waals surface area contributed by atoms with Gasteiger partial charge < -0.3 is 20.2 Å². The molecule has 0 aliphatic carbocycles. The number of hydrogen-bond donors (Lipinski definition) is 2. The Bertz CT molecular complexity index is 1330. The predicted molar refractivity (Wildman–Crippen MR) is 154 cm³/mol. The van der Waals surface area contributed by atoms with Crippen LogP contribution in [-0.4, -0.2) is 100 Å². The van der Waals surface area contributed by atoms with E-state index in [1.54, 1.807) is 43.3 Å². The number of alkyl halides is 3. The zero-order valence-electron chi connectivity index (χ0n) is 24.8. The van der Waals surface area contributed by atoms with Crippen molar-refractivity contribution in [1.29, 1.82) is 0 Å². The van der Waals surface area contributed by atoms with E-state index in [0.29, 0.717) is 24.5 Å². The molecule has 2 saturated heterocycles. The van der Waals surface area contributed by atoms with Gasteiger partial charge in [0, 0.05) is 50.8 Å². The van der Waals surface area contributed by atoms with Crippen LogP contribution in [0.2, 0.25) is 0 Å². The minimum atomic E-state index is -5.08. The Morgan fingerprint density at radius 3 is 2.16 bits per heavy atom. The van der Waals surface area contributed by atoms with Gasteiger partial charge in [-0.25, -0.2) is 14.5 Å². The number of aromatic nitrogens is 1. The molecule has 2 aliphatic heterocycles. The SMILES string of the molecule is CC(C)c1ccc(N2C(=O)N(Cc3ccncc3)C(C)(C)C2=O)cc1NC(=O)CN1CCN(C)CC1.O=C(O)C(F)(F)F. The summed E-state index contributed by atoms with van der Waals surface area (Å²) >= 11 is 0. The second kappa shape index (κ2) is 13.5. The predicted octanol–water partition coefficient (Wildman–Crippen LogP) is 3.77. The number of imide groups is 1. The van der Waals surface area contributed by atoms with Gasteiger partial charge in [0.25, 0.3) is 5.91 Å². The molecule has 0 radical (unpaired) electrons. The van der Waals surface area contributed by atoms with Gasteiger partial charge >= 0.3 is 18.2 Å². The van der Waals surface area contributed by atoms with Crippen molar-refractivity contribution in [2.24, 2.45) is 0 Å². The molecule has 3 heterocycles. The van der Waals surface area contributed by atoms with Gasteiger partial charge in [-0.15, -0.1) is 0 Å². The van der Waals surface area contributed by atoms with E-state index in [-0.39, 0.29) is 23.8 Å². The van der Waals surface area contributed by atoms with Crippen LogP contribution in [0.15, 0.2) is 42.7 Å². The molecule has 0 spiro atoms. The molecule has 2 N–H and O–H groups in total. The van der Waals surface area contributed by atoms with Crippen LogP contribution in [0, 0.1) is 0 Å². The number of carboxylic acids is 1. The largest absolute Gasteiger partial charge is 0.490 e. The van der Waals surface area contributed by atoms with Crippen LogP contribution in [-0.2, 0) is 20.9 Å². The number of nitrogens with zero attached hydrogens (tertiary/aromatic N) is 5. The van der Waals surface area contributed by atoms with Gasteiger partial charge in [-0.2, -0.15) is 13.2 Å². The first-order valence-corrected chi connectivity index (χ1v) is 13.7. The van der Waals surface area contributed by atoms with Crippen molar-refractivity contribution in [2.75, 3.05) is 50.0 Å². The smallest absolute Gasteiger partial charge is 0.475 e. The third-order valence-corrected chi connectivity index (χ3v) is 7.31. The van der Waals surface area contributed by atoms with E-state index in [9.17, 15) is 27.6 Å². The van der Waals surface area contributed by atoms with E-state index in [4.69, 9.17) is 9.90 Å². The molecule has 0 bridgehead atoms. The zero-order chi connectivity index (χ0) is 32.1. The standard InChI is InChI=1S/C27H36N6O3.C2HF3O2/c1-19(2)22-7-6-21(16-23(22)29-24(34)18-31-14-12-30(5)13-15-31)33-25(35)27(3,4)32(26(33)36)17-20-8-10-28-11-9-20;3-2(4,5)1(6)7/h6-11,16,19H,12-15,17-18H2,1-5H3,(H,29,34);(H,6,7). The molecule has 14 heteroatoms.